The summed E-state index contributed by atoms with van der Waals surface area (Å²) in [7, 11) is 0. The van der Waals surface area contributed by atoms with Gasteiger partial charge in [0.2, 0.25) is 0 Å². The monoisotopic (exact) mass is 769 g/mol. The van der Waals surface area contributed by atoms with Crippen molar-refractivity contribution in [3.63, 3.8) is 0 Å². The van der Waals surface area contributed by atoms with Crippen LogP contribution in [0.2, 0.25) is 0 Å². The maximum absolute atomic E-state index is 12.7. The van der Waals surface area contributed by atoms with Crippen LogP contribution in [0.25, 0.3) is 0 Å². The van der Waals surface area contributed by atoms with Crippen molar-refractivity contribution in [2.45, 2.75) is 224 Å². The first-order valence-electron chi connectivity index (χ1n) is 21.9. The fourth-order valence-corrected chi connectivity index (χ4v) is 6.53. The average molecular weight is 769 g/mol. The molecule has 0 aromatic heterocycles. The number of rotatable bonds is 36. The van der Waals surface area contributed by atoms with Gasteiger partial charge in [-0.15, -0.1) is 0 Å². The largest absolute Gasteiger partial charge is 0.462 e. The molecule has 1 fully saturated rings. The zero-order valence-corrected chi connectivity index (χ0v) is 34.2. The molecule has 0 aromatic rings. The molecule has 54 heavy (non-hydrogen) atoms. The first-order valence-corrected chi connectivity index (χ1v) is 21.9. The predicted octanol–water partition coefficient (Wildman–Crippen LogP) is 8.94. The minimum absolute atomic E-state index is 0.220. The molecule has 6 atom stereocenters. The third-order valence-corrected chi connectivity index (χ3v) is 10.1. The van der Waals surface area contributed by atoms with E-state index in [1.165, 1.54) is 89.9 Å². The number of hydrogen-bond donors (Lipinski definition) is 4. The Hall–Kier alpha value is -1.82. The summed E-state index contributed by atoms with van der Waals surface area (Å²) < 4.78 is 22.1. The molecule has 4 N–H and O–H groups in total. The van der Waals surface area contributed by atoms with Gasteiger partial charge in [-0.2, -0.15) is 0 Å². The second-order valence-electron chi connectivity index (χ2n) is 15.1. The third-order valence-electron chi connectivity index (χ3n) is 10.1. The van der Waals surface area contributed by atoms with Crippen molar-refractivity contribution in [1.29, 1.82) is 0 Å². The SMILES string of the molecule is CCCCC/C=C/CCCCCCCC(=O)O[C@@H](COC(=O)CCCCCCCCCCC/C=C/CCCCCC)CO[C@H]1O[C@@H](CO)[C@@H](O)C(O)C1O. The van der Waals surface area contributed by atoms with Gasteiger partial charge in [-0.3, -0.25) is 9.59 Å². The number of carbonyl (C=O) groups is 2. The number of esters is 2. The second kappa shape index (κ2) is 35.6. The number of unbranched alkanes of at least 4 members (excludes halogenated alkanes) is 21. The van der Waals surface area contributed by atoms with Gasteiger partial charge in [0.25, 0.3) is 0 Å². The molecule has 0 aromatic carbocycles. The Labute approximate surface area is 328 Å². The molecule has 316 valence electrons. The van der Waals surface area contributed by atoms with Crippen LogP contribution in [0, 0.1) is 0 Å². The minimum Gasteiger partial charge on any atom is -0.462 e. The number of carbonyl (C=O) groups excluding carboxylic acids is 2. The van der Waals surface area contributed by atoms with E-state index in [0.717, 1.165) is 64.2 Å². The number of aliphatic hydroxyl groups is 4. The fourth-order valence-electron chi connectivity index (χ4n) is 6.53. The molecule has 1 rings (SSSR count). The van der Waals surface area contributed by atoms with Crippen LogP contribution in [-0.2, 0) is 28.5 Å². The van der Waals surface area contributed by atoms with E-state index in [1.807, 2.05) is 0 Å². The van der Waals surface area contributed by atoms with Gasteiger partial charge in [0.15, 0.2) is 12.4 Å². The Kier molecular flexibility index (Phi) is 33.1. The van der Waals surface area contributed by atoms with Crippen molar-refractivity contribution in [1.82, 2.24) is 0 Å². The van der Waals surface area contributed by atoms with Crippen molar-refractivity contribution < 1.29 is 49.0 Å². The zero-order chi connectivity index (χ0) is 39.5. The van der Waals surface area contributed by atoms with Gasteiger partial charge in [-0.25, -0.2) is 0 Å². The van der Waals surface area contributed by atoms with E-state index in [-0.39, 0.29) is 32.0 Å². The highest BCUT2D eigenvalue weighted by Gasteiger charge is 2.44. The Morgan fingerprint density at radius 2 is 0.981 bits per heavy atom. The number of allylic oxidation sites excluding steroid dienone is 4. The molecular weight excluding hydrogens is 688 g/mol. The van der Waals surface area contributed by atoms with Gasteiger partial charge >= 0.3 is 11.9 Å². The van der Waals surface area contributed by atoms with Crippen LogP contribution in [0.4, 0.5) is 0 Å². The molecule has 1 saturated heterocycles. The Morgan fingerprint density at radius 3 is 1.48 bits per heavy atom. The van der Waals surface area contributed by atoms with E-state index in [0.29, 0.717) is 6.42 Å². The Morgan fingerprint density at radius 1 is 0.556 bits per heavy atom. The van der Waals surface area contributed by atoms with Crippen LogP contribution in [0.15, 0.2) is 24.3 Å². The molecular formula is C44H80O10. The lowest BCUT2D eigenvalue weighted by Gasteiger charge is -2.39. The number of hydrogen-bond acceptors (Lipinski definition) is 10. The Bertz CT molecular complexity index is 938. The predicted molar refractivity (Wildman–Crippen MR) is 215 cm³/mol. The van der Waals surface area contributed by atoms with E-state index in [1.54, 1.807) is 0 Å². The van der Waals surface area contributed by atoms with Gasteiger partial charge in [0, 0.05) is 12.8 Å². The first-order chi connectivity index (χ1) is 26.3. The quantitative estimate of drug-likeness (QED) is 0.0276. The standard InChI is InChI=1S/C44H80O10/c1-3-5-7-9-11-13-15-17-18-19-20-21-23-24-26-28-30-32-39(46)51-35-37(36-52-44-43(50)42(49)41(48)38(34-45)54-44)53-40(47)33-31-29-27-25-22-16-14-12-10-8-6-4-2/h12-15,37-38,41-45,48-50H,3-11,16-36H2,1-2H3/b14-12+,15-13+/t37-,38-,41+,42?,43?,44-/m0/s1. The lowest BCUT2D eigenvalue weighted by Crippen LogP contribution is -2.59. The summed E-state index contributed by atoms with van der Waals surface area (Å²) in [5, 5.41) is 40.0. The number of aliphatic hydroxyl groups excluding tert-OH is 4. The van der Waals surface area contributed by atoms with Crippen molar-refractivity contribution in [2.24, 2.45) is 0 Å². The molecule has 0 aliphatic carbocycles. The maximum atomic E-state index is 12.7. The van der Waals surface area contributed by atoms with Crippen LogP contribution in [0.3, 0.4) is 0 Å². The van der Waals surface area contributed by atoms with Crippen molar-refractivity contribution in [3.05, 3.63) is 24.3 Å². The molecule has 0 spiro atoms. The summed E-state index contributed by atoms with van der Waals surface area (Å²) in [5.74, 6) is -0.817. The zero-order valence-electron chi connectivity index (χ0n) is 34.2. The lowest BCUT2D eigenvalue weighted by molar-refractivity contribution is -0.305. The smallest absolute Gasteiger partial charge is 0.306 e. The second-order valence-corrected chi connectivity index (χ2v) is 15.1. The van der Waals surface area contributed by atoms with Gasteiger partial charge in [0.05, 0.1) is 13.2 Å². The number of ether oxygens (including phenoxy) is 4. The highest BCUT2D eigenvalue weighted by Crippen LogP contribution is 2.22. The van der Waals surface area contributed by atoms with Crippen LogP contribution < -0.4 is 0 Å². The van der Waals surface area contributed by atoms with Crippen LogP contribution >= 0.6 is 0 Å². The van der Waals surface area contributed by atoms with Gasteiger partial charge in [0.1, 0.15) is 31.0 Å². The van der Waals surface area contributed by atoms with E-state index in [9.17, 15) is 30.0 Å². The lowest BCUT2D eigenvalue weighted by atomic mass is 9.99. The molecule has 0 bridgehead atoms. The van der Waals surface area contributed by atoms with Crippen molar-refractivity contribution >= 4 is 11.9 Å². The molecule has 0 amide bonds. The average Bonchev–Trinajstić information content (AvgIpc) is 3.17. The van der Waals surface area contributed by atoms with Crippen molar-refractivity contribution in [2.75, 3.05) is 19.8 Å². The Balaban J connectivity index is 2.32. The molecule has 1 aliphatic heterocycles. The van der Waals surface area contributed by atoms with E-state index in [4.69, 9.17) is 18.9 Å². The molecule has 2 unspecified atom stereocenters. The topological polar surface area (TPSA) is 152 Å². The van der Waals surface area contributed by atoms with Gasteiger partial charge in [-0.05, 0) is 64.2 Å². The highest BCUT2D eigenvalue weighted by atomic mass is 16.7. The molecule has 10 heteroatoms. The maximum Gasteiger partial charge on any atom is 0.306 e. The summed E-state index contributed by atoms with van der Waals surface area (Å²) in [4.78, 5) is 25.3. The molecule has 0 radical (unpaired) electrons. The molecule has 1 aliphatic rings. The van der Waals surface area contributed by atoms with E-state index >= 15 is 0 Å². The normalized spacial score (nSPS) is 20.9. The highest BCUT2D eigenvalue weighted by molar-refractivity contribution is 5.70. The summed E-state index contributed by atoms with van der Waals surface area (Å²) in [6.07, 6.45) is 30.4. The van der Waals surface area contributed by atoms with E-state index in [2.05, 4.69) is 38.2 Å². The van der Waals surface area contributed by atoms with Crippen LogP contribution in [-0.4, -0.2) is 89.0 Å². The minimum atomic E-state index is -1.59. The van der Waals surface area contributed by atoms with Crippen LogP contribution in [0.5, 0.6) is 0 Å². The summed E-state index contributed by atoms with van der Waals surface area (Å²) in [6, 6.07) is 0. The summed E-state index contributed by atoms with van der Waals surface area (Å²) >= 11 is 0. The van der Waals surface area contributed by atoms with Crippen LogP contribution in [0.1, 0.15) is 187 Å². The third kappa shape index (κ3) is 26.9. The van der Waals surface area contributed by atoms with Crippen molar-refractivity contribution in [3.8, 4) is 0 Å². The van der Waals surface area contributed by atoms with Gasteiger partial charge in [-0.1, -0.05) is 134 Å². The van der Waals surface area contributed by atoms with Gasteiger partial charge < -0.3 is 39.4 Å². The molecule has 10 nitrogen and oxygen atoms in total. The summed E-state index contributed by atoms with van der Waals surface area (Å²) in [6.45, 7) is 3.38. The fraction of sp³-hybridized carbons (Fsp3) is 0.864. The summed E-state index contributed by atoms with van der Waals surface area (Å²) in [5.41, 5.74) is 0. The molecule has 0 saturated carbocycles. The first kappa shape index (κ1) is 50.2. The molecule has 1 heterocycles. The van der Waals surface area contributed by atoms with E-state index < -0.39 is 49.4 Å².